The number of nitrogens with zero attached hydrogens (tertiary/aromatic N) is 2. The van der Waals surface area contributed by atoms with Crippen LogP contribution in [0.2, 0.25) is 0 Å². The molecule has 0 bridgehead atoms. The summed E-state index contributed by atoms with van der Waals surface area (Å²) in [6.45, 7) is 3.16. The molecule has 0 aliphatic heterocycles. The van der Waals surface area contributed by atoms with E-state index in [2.05, 4.69) is 29.1 Å². The number of hydrogen-bond acceptors (Lipinski definition) is 3. The highest BCUT2D eigenvalue weighted by atomic mass is 15.2. The van der Waals surface area contributed by atoms with Gasteiger partial charge in [0.05, 0.1) is 0 Å². The lowest BCUT2D eigenvalue weighted by Gasteiger charge is -2.18. The minimum atomic E-state index is 0.205. The molecule has 0 saturated heterocycles. The van der Waals surface area contributed by atoms with Crippen LogP contribution in [0.5, 0.6) is 0 Å². The lowest BCUT2D eigenvalue weighted by Crippen LogP contribution is -2.21. The normalized spacial score (nSPS) is 17.2. The van der Waals surface area contributed by atoms with Crippen LogP contribution in [0.1, 0.15) is 25.3 Å². The zero-order valence-corrected chi connectivity index (χ0v) is 10.2. The number of rotatable bonds is 5. The molecule has 1 fully saturated rings. The Morgan fingerprint density at radius 2 is 2.25 bits per heavy atom. The molecule has 16 heavy (non-hydrogen) atoms. The molecule has 0 spiro atoms. The summed E-state index contributed by atoms with van der Waals surface area (Å²) in [6.07, 6.45) is 5.61. The maximum Gasteiger partial charge on any atom is 0.128 e. The Hall–Kier alpha value is -1.09. The Morgan fingerprint density at radius 1 is 1.50 bits per heavy atom. The van der Waals surface area contributed by atoms with E-state index < -0.39 is 0 Å². The van der Waals surface area contributed by atoms with Crippen molar-refractivity contribution in [3.05, 3.63) is 23.9 Å². The molecule has 1 unspecified atom stereocenters. The van der Waals surface area contributed by atoms with Gasteiger partial charge in [-0.1, -0.05) is 6.07 Å². The molecule has 1 heterocycles. The summed E-state index contributed by atoms with van der Waals surface area (Å²) < 4.78 is 0. The van der Waals surface area contributed by atoms with E-state index in [0.717, 1.165) is 24.7 Å². The summed E-state index contributed by atoms with van der Waals surface area (Å²) >= 11 is 0. The highest BCUT2D eigenvalue weighted by Gasteiger charge is 2.23. The molecule has 3 nitrogen and oxygen atoms in total. The van der Waals surface area contributed by atoms with Gasteiger partial charge < -0.3 is 10.6 Å². The Bertz CT molecular complexity index is 328. The third kappa shape index (κ3) is 3.20. The van der Waals surface area contributed by atoms with Crippen molar-refractivity contribution in [2.45, 2.75) is 32.2 Å². The maximum atomic E-state index is 5.76. The molecule has 0 aromatic carbocycles. The fourth-order valence-electron chi connectivity index (χ4n) is 1.92. The lowest BCUT2D eigenvalue weighted by molar-refractivity contribution is 0.733. The van der Waals surface area contributed by atoms with E-state index in [9.17, 15) is 0 Å². The van der Waals surface area contributed by atoms with Crippen molar-refractivity contribution in [2.24, 2.45) is 11.7 Å². The van der Waals surface area contributed by atoms with Crippen molar-refractivity contribution in [3.8, 4) is 0 Å². The van der Waals surface area contributed by atoms with Crippen LogP contribution in [-0.2, 0) is 6.42 Å². The first-order valence-electron chi connectivity index (χ1n) is 6.07. The van der Waals surface area contributed by atoms with Gasteiger partial charge in [0.2, 0.25) is 0 Å². The average molecular weight is 219 g/mol. The van der Waals surface area contributed by atoms with Gasteiger partial charge in [0, 0.05) is 25.8 Å². The summed E-state index contributed by atoms with van der Waals surface area (Å²) in [6, 6.07) is 4.44. The molecule has 3 heteroatoms. The van der Waals surface area contributed by atoms with E-state index in [0.29, 0.717) is 0 Å². The molecule has 1 aromatic heterocycles. The highest BCUT2D eigenvalue weighted by Crippen LogP contribution is 2.30. The van der Waals surface area contributed by atoms with Gasteiger partial charge in [0.1, 0.15) is 5.82 Å². The predicted octanol–water partition coefficient (Wildman–Crippen LogP) is 1.82. The number of hydrogen-bond donors (Lipinski definition) is 1. The van der Waals surface area contributed by atoms with Crippen LogP contribution in [0.15, 0.2) is 18.3 Å². The number of nitrogens with two attached hydrogens (primary N) is 1. The van der Waals surface area contributed by atoms with Crippen molar-refractivity contribution >= 4 is 5.82 Å². The van der Waals surface area contributed by atoms with E-state index >= 15 is 0 Å². The first-order valence-corrected chi connectivity index (χ1v) is 6.07. The molecule has 1 aliphatic rings. The summed E-state index contributed by atoms with van der Waals surface area (Å²) in [5.41, 5.74) is 6.98. The average Bonchev–Trinajstić information content (AvgIpc) is 3.01. The fourth-order valence-corrected chi connectivity index (χ4v) is 1.92. The first-order chi connectivity index (χ1) is 7.65. The van der Waals surface area contributed by atoms with Crippen LogP contribution < -0.4 is 10.6 Å². The summed E-state index contributed by atoms with van der Waals surface area (Å²) in [7, 11) is 2.12. The van der Waals surface area contributed by atoms with Gasteiger partial charge in [-0.25, -0.2) is 4.98 Å². The second kappa shape index (κ2) is 4.83. The van der Waals surface area contributed by atoms with Gasteiger partial charge >= 0.3 is 0 Å². The smallest absolute Gasteiger partial charge is 0.128 e. The highest BCUT2D eigenvalue weighted by molar-refractivity contribution is 5.38. The minimum absolute atomic E-state index is 0.205. The second-order valence-electron chi connectivity index (χ2n) is 5.03. The van der Waals surface area contributed by atoms with Gasteiger partial charge in [-0.2, -0.15) is 0 Å². The van der Waals surface area contributed by atoms with Crippen LogP contribution >= 0.6 is 0 Å². The van der Waals surface area contributed by atoms with E-state index in [-0.39, 0.29) is 6.04 Å². The third-order valence-electron chi connectivity index (χ3n) is 2.99. The standard InChI is InChI=1S/C13H21N3/c1-10(14)7-12-5-6-13(15-8-12)16(2)9-11-3-4-11/h5-6,8,10-11H,3-4,7,9,14H2,1-2H3. The first kappa shape index (κ1) is 11.4. The van der Waals surface area contributed by atoms with Crippen LogP contribution in [0, 0.1) is 5.92 Å². The van der Waals surface area contributed by atoms with E-state index in [1.807, 2.05) is 13.1 Å². The van der Waals surface area contributed by atoms with Gasteiger partial charge in [-0.3, -0.25) is 0 Å². The molecule has 1 atom stereocenters. The molecular weight excluding hydrogens is 198 g/mol. The van der Waals surface area contributed by atoms with Gasteiger partial charge in [-0.05, 0) is 43.7 Å². The summed E-state index contributed by atoms with van der Waals surface area (Å²) in [5.74, 6) is 1.97. The largest absolute Gasteiger partial charge is 0.359 e. The van der Waals surface area contributed by atoms with E-state index in [1.54, 1.807) is 0 Å². The van der Waals surface area contributed by atoms with E-state index in [4.69, 9.17) is 5.73 Å². The quantitative estimate of drug-likeness (QED) is 0.821. The van der Waals surface area contributed by atoms with Crippen LogP contribution in [0.25, 0.3) is 0 Å². The lowest BCUT2D eigenvalue weighted by atomic mass is 10.1. The Labute approximate surface area is 97.7 Å². The van der Waals surface area contributed by atoms with E-state index in [1.165, 1.54) is 18.4 Å². The van der Waals surface area contributed by atoms with Crippen molar-refractivity contribution in [3.63, 3.8) is 0 Å². The Kier molecular flexibility index (Phi) is 3.44. The van der Waals surface area contributed by atoms with Crippen LogP contribution in [-0.4, -0.2) is 24.6 Å². The number of anilines is 1. The second-order valence-corrected chi connectivity index (χ2v) is 5.03. The number of pyridine rings is 1. The Balaban J connectivity index is 1.94. The molecule has 2 rings (SSSR count). The van der Waals surface area contributed by atoms with Crippen molar-refractivity contribution in [1.29, 1.82) is 0 Å². The zero-order chi connectivity index (χ0) is 11.5. The molecule has 1 saturated carbocycles. The Morgan fingerprint density at radius 3 is 2.75 bits per heavy atom. The molecule has 1 aromatic rings. The van der Waals surface area contributed by atoms with Gasteiger partial charge in [0.25, 0.3) is 0 Å². The van der Waals surface area contributed by atoms with Crippen molar-refractivity contribution < 1.29 is 0 Å². The molecule has 88 valence electrons. The van der Waals surface area contributed by atoms with Crippen molar-refractivity contribution in [2.75, 3.05) is 18.5 Å². The zero-order valence-electron chi connectivity index (χ0n) is 10.2. The molecule has 2 N–H and O–H groups in total. The van der Waals surface area contributed by atoms with Gasteiger partial charge in [-0.15, -0.1) is 0 Å². The molecule has 1 aliphatic carbocycles. The minimum Gasteiger partial charge on any atom is -0.359 e. The maximum absolute atomic E-state index is 5.76. The number of aromatic nitrogens is 1. The molecule has 0 amide bonds. The van der Waals surface area contributed by atoms with Gasteiger partial charge in [0.15, 0.2) is 0 Å². The fraction of sp³-hybridized carbons (Fsp3) is 0.615. The van der Waals surface area contributed by atoms with Crippen LogP contribution in [0.3, 0.4) is 0 Å². The molecular formula is C13H21N3. The summed E-state index contributed by atoms with van der Waals surface area (Å²) in [5, 5.41) is 0. The SMILES string of the molecule is CC(N)Cc1ccc(N(C)CC2CC2)nc1. The topological polar surface area (TPSA) is 42.1 Å². The predicted molar refractivity (Wildman–Crippen MR) is 67.6 cm³/mol. The summed E-state index contributed by atoms with van der Waals surface area (Å²) in [4.78, 5) is 6.73. The third-order valence-corrected chi connectivity index (χ3v) is 2.99. The molecule has 0 radical (unpaired) electrons. The monoisotopic (exact) mass is 219 g/mol. The van der Waals surface area contributed by atoms with Crippen LogP contribution in [0.4, 0.5) is 5.82 Å². The van der Waals surface area contributed by atoms with Crippen molar-refractivity contribution in [1.82, 2.24) is 4.98 Å².